The number of hydrogen-bond donors (Lipinski definition) is 2. The lowest BCUT2D eigenvalue weighted by atomic mass is 10.3. The van der Waals surface area contributed by atoms with Crippen LogP contribution in [0.4, 0.5) is 18.9 Å². The molecule has 2 aromatic carbocycles. The molecular weight excluding hydrogens is 510 g/mol. The van der Waals surface area contributed by atoms with Crippen molar-refractivity contribution in [2.45, 2.75) is 17.7 Å². The zero-order valence-electron chi connectivity index (χ0n) is 14.5. The number of ether oxygens (including phenoxy) is 1. The number of halogens is 4. The molecule has 6 nitrogen and oxygen atoms in total. The third-order valence-corrected chi connectivity index (χ3v) is 5.15. The Kier molecular flexibility index (Phi) is 9.01. The molecule has 0 aromatic heterocycles. The van der Waals surface area contributed by atoms with Crippen LogP contribution in [0.3, 0.4) is 0 Å². The summed E-state index contributed by atoms with van der Waals surface area (Å²) in [5.41, 5.74) is 5.65. The molecule has 154 valence electrons. The van der Waals surface area contributed by atoms with Crippen LogP contribution in [0.2, 0.25) is 0 Å². The summed E-state index contributed by atoms with van der Waals surface area (Å²) in [6.07, 6.45) is -4.63. The normalized spacial score (nSPS) is 12.2. The molecule has 0 aliphatic carbocycles. The van der Waals surface area contributed by atoms with Gasteiger partial charge in [-0.25, -0.2) is 8.42 Å². The van der Waals surface area contributed by atoms with Crippen molar-refractivity contribution < 1.29 is 26.3 Å². The van der Waals surface area contributed by atoms with Crippen molar-refractivity contribution in [3.05, 3.63) is 54.6 Å². The predicted octanol–water partition coefficient (Wildman–Crippen LogP) is 3.79. The van der Waals surface area contributed by atoms with Gasteiger partial charge in [-0.3, -0.25) is 4.99 Å². The van der Waals surface area contributed by atoms with Crippen LogP contribution in [0.15, 0.2) is 64.5 Å². The first kappa shape index (κ1) is 24.0. The lowest BCUT2D eigenvalue weighted by Gasteiger charge is -2.14. The van der Waals surface area contributed by atoms with E-state index in [9.17, 15) is 21.6 Å². The molecule has 28 heavy (non-hydrogen) atoms. The van der Waals surface area contributed by atoms with Gasteiger partial charge in [-0.15, -0.1) is 37.1 Å². The molecule has 0 aliphatic rings. The molecule has 0 atom stereocenters. The third-order valence-electron chi connectivity index (χ3n) is 3.33. The van der Waals surface area contributed by atoms with Crippen LogP contribution < -0.4 is 15.8 Å². The smallest absolute Gasteiger partial charge is 0.404 e. The van der Waals surface area contributed by atoms with Gasteiger partial charge in [-0.05, 0) is 30.7 Å². The average molecular weight is 529 g/mol. The van der Waals surface area contributed by atoms with E-state index in [0.717, 1.165) is 6.07 Å². The van der Waals surface area contributed by atoms with E-state index >= 15 is 0 Å². The summed E-state index contributed by atoms with van der Waals surface area (Å²) in [6, 6.07) is 13.4. The van der Waals surface area contributed by atoms with Gasteiger partial charge in [0.2, 0.25) is 0 Å². The number of rotatable bonds is 7. The van der Waals surface area contributed by atoms with E-state index in [1.165, 1.54) is 30.3 Å². The molecule has 0 fully saturated rings. The average Bonchev–Trinajstić information content (AvgIpc) is 2.60. The number of sulfone groups is 1. The molecule has 0 heterocycles. The van der Waals surface area contributed by atoms with Gasteiger partial charge < -0.3 is 15.8 Å². The largest absolute Gasteiger partial charge is 0.573 e. The fourth-order valence-corrected chi connectivity index (χ4v) is 3.48. The highest BCUT2D eigenvalue weighted by atomic mass is 127. The molecule has 0 aliphatic heterocycles. The first-order valence-electron chi connectivity index (χ1n) is 7.87. The van der Waals surface area contributed by atoms with Crippen LogP contribution in [0.5, 0.6) is 5.75 Å². The number of anilines is 1. The van der Waals surface area contributed by atoms with Gasteiger partial charge in [0.15, 0.2) is 21.5 Å². The Bertz CT molecular complexity index is 891. The molecule has 0 radical (unpaired) electrons. The molecule has 2 rings (SSSR count). The van der Waals surface area contributed by atoms with E-state index in [0.29, 0.717) is 0 Å². The lowest BCUT2D eigenvalue weighted by Crippen LogP contribution is -2.25. The molecule has 0 saturated carbocycles. The van der Waals surface area contributed by atoms with Gasteiger partial charge in [0.25, 0.3) is 0 Å². The molecule has 0 unspecified atom stereocenters. The zero-order valence-corrected chi connectivity index (χ0v) is 17.7. The van der Waals surface area contributed by atoms with Gasteiger partial charge >= 0.3 is 6.36 Å². The van der Waals surface area contributed by atoms with Crippen molar-refractivity contribution in [1.29, 1.82) is 0 Å². The van der Waals surface area contributed by atoms with Crippen LogP contribution in [0.1, 0.15) is 6.42 Å². The first-order valence-corrected chi connectivity index (χ1v) is 9.52. The Morgan fingerprint density at radius 1 is 1.07 bits per heavy atom. The van der Waals surface area contributed by atoms with Gasteiger partial charge in [0, 0.05) is 6.54 Å². The van der Waals surface area contributed by atoms with E-state index in [1.807, 2.05) is 0 Å². The number of aliphatic imine (C=N–C) groups is 1. The van der Waals surface area contributed by atoms with Gasteiger partial charge in [0.1, 0.15) is 0 Å². The maximum absolute atomic E-state index is 12.4. The number of para-hydroxylation sites is 2. The number of guanidine groups is 1. The molecule has 0 amide bonds. The quantitative estimate of drug-likeness (QED) is 0.247. The van der Waals surface area contributed by atoms with Crippen molar-refractivity contribution >= 4 is 45.5 Å². The van der Waals surface area contributed by atoms with Crippen LogP contribution in [0.25, 0.3) is 0 Å². The summed E-state index contributed by atoms with van der Waals surface area (Å²) in [4.78, 5) is 4.16. The predicted molar refractivity (Wildman–Crippen MR) is 112 cm³/mol. The Balaban J connectivity index is 0.00000392. The van der Waals surface area contributed by atoms with Crippen LogP contribution in [0, 0.1) is 0 Å². The van der Waals surface area contributed by atoms with Crippen LogP contribution >= 0.6 is 24.0 Å². The Labute approximate surface area is 177 Å². The number of nitrogens with zero attached hydrogens (tertiary/aromatic N) is 1. The van der Waals surface area contributed by atoms with Crippen molar-refractivity contribution in [3.8, 4) is 5.75 Å². The summed E-state index contributed by atoms with van der Waals surface area (Å²) in [5.74, 6) is -0.721. The van der Waals surface area contributed by atoms with Crippen LogP contribution in [-0.2, 0) is 9.84 Å². The summed E-state index contributed by atoms with van der Waals surface area (Å²) >= 11 is 0. The fourth-order valence-electron chi connectivity index (χ4n) is 2.16. The molecule has 2 aromatic rings. The van der Waals surface area contributed by atoms with E-state index < -0.39 is 21.9 Å². The Hall–Kier alpha value is -2.02. The van der Waals surface area contributed by atoms with Gasteiger partial charge in [0.05, 0.1) is 16.3 Å². The van der Waals surface area contributed by atoms with Crippen molar-refractivity contribution in [3.63, 3.8) is 0 Å². The Morgan fingerprint density at radius 3 is 2.32 bits per heavy atom. The highest BCUT2D eigenvalue weighted by Crippen LogP contribution is 2.29. The molecule has 0 bridgehead atoms. The van der Waals surface area contributed by atoms with E-state index in [4.69, 9.17) is 5.73 Å². The third kappa shape index (κ3) is 7.92. The number of hydrogen-bond acceptors (Lipinski definition) is 4. The second kappa shape index (κ2) is 10.5. The zero-order chi connectivity index (χ0) is 19.9. The number of benzene rings is 2. The summed E-state index contributed by atoms with van der Waals surface area (Å²) in [7, 11) is -3.42. The molecule has 3 N–H and O–H groups in total. The molecule has 11 heteroatoms. The number of alkyl halides is 3. The minimum Gasteiger partial charge on any atom is -0.404 e. The SMILES string of the molecule is I.NC(=NCCCS(=O)(=O)c1ccccc1)Nc1ccccc1OC(F)(F)F. The molecular formula is C17H19F3IN3O3S. The van der Waals surface area contributed by atoms with Crippen LogP contribution in [-0.4, -0.2) is 33.0 Å². The highest BCUT2D eigenvalue weighted by molar-refractivity contribution is 14.0. The van der Waals surface area contributed by atoms with E-state index in [2.05, 4.69) is 15.0 Å². The standard InChI is InChI=1S/C17H18F3N3O3S.HI/c18-17(19,20)26-15-10-5-4-9-14(15)23-16(21)22-11-6-12-27(24,25)13-7-2-1-3-8-13;/h1-5,7-10H,6,11-12H2,(H3,21,22,23);1H. The summed E-state index contributed by atoms with van der Waals surface area (Å²) in [5, 5.41) is 2.52. The second-order valence-electron chi connectivity index (χ2n) is 5.42. The fraction of sp³-hybridized carbons (Fsp3) is 0.235. The minimum atomic E-state index is -4.84. The minimum absolute atomic E-state index is 0. The van der Waals surface area contributed by atoms with Crippen molar-refractivity contribution in [2.75, 3.05) is 17.6 Å². The maximum Gasteiger partial charge on any atom is 0.573 e. The highest BCUT2D eigenvalue weighted by Gasteiger charge is 2.32. The van der Waals surface area contributed by atoms with Gasteiger partial charge in [-0.2, -0.15) is 0 Å². The summed E-state index contributed by atoms with van der Waals surface area (Å²) < 4.78 is 65.3. The molecule has 0 spiro atoms. The van der Waals surface area contributed by atoms with E-state index in [-0.39, 0.29) is 59.2 Å². The maximum atomic E-state index is 12.4. The topological polar surface area (TPSA) is 93.8 Å². The lowest BCUT2D eigenvalue weighted by molar-refractivity contribution is -0.274. The number of nitrogens with two attached hydrogens (primary N) is 1. The monoisotopic (exact) mass is 529 g/mol. The van der Waals surface area contributed by atoms with Gasteiger partial charge in [-0.1, -0.05) is 30.3 Å². The Morgan fingerprint density at radius 2 is 1.68 bits per heavy atom. The van der Waals surface area contributed by atoms with Crippen molar-refractivity contribution in [1.82, 2.24) is 0 Å². The summed E-state index contributed by atoms with van der Waals surface area (Å²) in [6.45, 7) is 0.0905. The second-order valence-corrected chi connectivity index (χ2v) is 7.53. The first-order chi connectivity index (χ1) is 12.7. The number of nitrogens with one attached hydrogen (secondary N) is 1. The molecule has 0 saturated heterocycles. The van der Waals surface area contributed by atoms with E-state index in [1.54, 1.807) is 18.2 Å². The van der Waals surface area contributed by atoms with Crippen molar-refractivity contribution in [2.24, 2.45) is 10.7 Å².